The fourth-order valence-corrected chi connectivity index (χ4v) is 2.59. The molecule has 1 heterocycles. The number of ether oxygens (including phenoxy) is 1. The van der Waals surface area contributed by atoms with Crippen LogP contribution in [0.2, 0.25) is 0 Å². The van der Waals surface area contributed by atoms with Gasteiger partial charge < -0.3 is 14.5 Å². The van der Waals surface area contributed by atoms with Gasteiger partial charge in [-0.15, -0.1) is 0 Å². The molecular formula is C20H18N2O5. The number of para-hydroxylation sites is 1. The van der Waals surface area contributed by atoms with Crippen LogP contribution in [0.3, 0.4) is 0 Å². The number of rotatable bonds is 5. The normalized spacial score (nSPS) is 10.4. The standard InChI is InChI=1S/C20H18N2O5/c1-2-13-10-19(24)27-17-11-15(8-9-16(13)17)26-12-18(23)22-20(25)21-14-6-4-3-5-7-14/h3-11H,2,12H2,1H3,(H2,21,22,23,25). The minimum atomic E-state index is -0.646. The van der Waals surface area contributed by atoms with E-state index in [0.29, 0.717) is 23.4 Å². The second-order valence-electron chi connectivity index (χ2n) is 5.76. The van der Waals surface area contributed by atoms with Crippen molar-refractivity contribution < 1.29 is 18.7 Å². The van der Waals surface area contributed by atoms with E-state index in [0.717, 1.165) is 10.9 Å². The summed E-state index contributed by atoms with van der Waals surface area (Å²) in [5.41, 5.74) is 1.40. The molecule has 0 saturated heterocycles. The van der Waals surface area contributed by atoms with Crippen molar-refractivity contribution in [1.29, 1.82) is 0 Å². The van der Waals surface area contributed by atoms with E-state index < -0.39 is 17.6 Å². The van der Waals surface area contributed by atoms with E-state index in [1.807, 2.05) is 13.0 Å². The van der Waals surface area contributed by atoms with Gasteiger partial charge in [-0.3, -0.25) is 10.1 Å². The third-order valence-electron chi connectivity index (χ3n) is 3.84. The molecule has 0 aliphatic heterocycles. The van der Waals surface area contributed by atoms with Crippen LogP contribution >= 0.6 is 0 Å². The van der Waals surface area contributed by atoms with Crippen LogP contribution < -0.4 is 21.0 Å². The lowest BCUT2D eigenvalue weighted by molar-refractivity contribution is -0.121. The van der Waals surface area contributed by atoms with E-state index in [2.05, 4.69) is 10.6 Å². The van der Waals surface area contributed by atoms with E-state index >= 15 is 0 Å². The number of aryl methyl sites for hydroxylation is 1. The minimum Gasteiger partial charge on any atom is -0.484 e. The average molecular weight is 366 g/mol. The number of hydrogen-bond acceptors (Lipinski definition) is 5. The smallest absolute Gasteiger partial charge is 0.336 e. The number of urea groups is 1. The zero-order valence-corrected chi connectivity index (χ0v) is 14.7. The zero-order chi connectivity index (χ0) is 19.2. The number of amides is 3. The Morgan fingerprint density at radius 1 is 1.07 bits per heavy atom. The topological polar surface area (TPSA) is 97.6 Å². The highest BCUT2D eigenvalue weighted by molar-refractivity contribution is 6.01. The van der Waals surface area contributed by atoms with Crippen LogP contribution in [-0.4, -0.2) is 18.5 Å². The number of nitrogens with one attached hydrogen (secondary N) is 2. The number of anilines is 1. The van der Waals surface area contributed by atoms with E-state index in [1.165, 1.54) is 6.07 Å². The molecule has 2 N–H and O–H groups in total. The molecule has 27 heavy (non-hydrogen) atoms. The highest BCUT2D eigenvalue weighted by Gasteiger charge is 2.10. The van der Waals surface area contributed by atoms with Gasteiger partial charge in [-0.05, 0) is 36.2 Å². The first-order valence-corrected chi connectivity index (χ1v) is 8.40. The van der Waals surface area contributed by atoms with Gasteiger partial charge in [0.1, 0.15) is 11.3 Å². The molecule has 0 aliphatic rings. The summed E-state index contributed by atoms with van der Waals surface area (Å²) in [6, 6.07) is 14.6. The van der Waals surface area contributed by atoms with E-state index in [-0.39, 0.29) is 6.61 Å². The molecule has 0 spiro atoms. The summed E-state index contributed by atoms with van der Waals surface area (Å²) in [6.07, 6.45) is 0.696. The largest absolute Gasteiger partial charge is 0.484 e. The number of carbonyl (C=O) groups is 2. The zero-order valence-electron chi connectivity index (χ0n) is 14.7. The molecule has 3 rings (SSSR count). The number of fused-ring (bicyclic) bond motifs is 1. The van der Waals surface area contributed by atoms with Crippen molar-refractivity contribution in [3.05, 3.63) is 70.6 Å². The quantitative estimate of drug-likeness (QED) is 0.676. The Labute approximate surface area is 154 Å². The van der Waals surface area contributed by atoms with Crippen LogP contribution in [0.5, 0.6) is 5.75 Å². The van der Waals surface area contributed by atoms with Gasteiger partial charge >= 0.3 is 11.7 Å². The molecular weight excluding hydrogens is 348 g/mol. The minimum absolute atomic E-state index is 0.356. The van der Waals surface area contributed by atoms with E-state index in [1.54, 1.807) is 42.5 Å². The summed E-state index contributed by atoms with van der Waals surface area (Å²) >= 11 is 0. The van der Waals surface area contributed by atoms with Crippen molar-refractivity contribution in [2.75, 3.05) is 11.9 Å². The molecule has 0 unspecified atom stereocenters. The number of hydrogen-bond donors (Lipinski definition) is 2. The second kappa shape index (κ2) is 8.18. The van der Waals surface area contributed by atoms with Crippen molar-refractivity contribution in [1.82, 2.24) is 5.32 Å². The van der Waals surface area contributed by atoms with E-state index in [4.69, 9.17) is 9.15 Å². The Hall–Kier alpha value is -3.61. The van der Waals surface area contributed by atoms with Crippen LogP contribution in [0.4, 0.5) is 10.5 Å². The van der Waals surface area contributed by atoms with Gasteiger partial charge in [-0.25, -0.2) is 9.59 Å². The summed E-state index contributed by atoms with van der Waals surface area (Å²) in [5.74, 6) is -0.246. The fraction of sp³-hybridized carbons (Fsp3) is 0.150. The van der Waals surface area contributed by atoms with Gasteiger partial charge in [0, 0.05) is 23.2 Å². The number of carbonyl (C=O) groups excluding carboxylic acids is 2. The molecule has 2 aromatic carbocycles. The molecule has 3 aromatic rings. The molecule has 0 bridgehead atoms. The Balaban J connectivity index is 1.60. The molecule has 7 nitrogen and oxygen atoms in total. The molecule has 7 heteroatoms. The highest BCUT2D eigenvalue weighted by Crippen LogP contribution is 2.23. The maximum absolute atomic E-state index is 11.9. The van der Waals surface area contributed by atoms with Crippen molar-refractivity contribution >= 4 is 28.6 Å². The number of benzene rings is 2. The van der Waals surface area contributed by atoms with Crippen LogP contribution in [0.25, 0.3) is 11.0 Å². The van der Waals surface area contributed by atoms with Gasteiger partial charge in [0.05, 0.1) is 0 Å². The monoisotopic (exact) mass is 366 g/mol. The maximum Gasteiger partial charge on any atom is 0.336 e. The third kappa shape index (κ3) is 4.72. The van der Waals surface area contributed by atoms with Crippen LogP contribution in [-0.2, 0) is 11.2 Å². The van der Waals surface area contributed by atoms with Crippen LogP contribution in [0.15, 0.2) is 63.8 Å². The lowest BCUT2D eigenvalue weighted by Crippen LogP contribution is -2.37. The molecule has 1 aromatic heterocycles. The van der Waals surface area contributed by atoms with Crippen molar-refractivity contribution in [3.8, 4) is 5.75 Å². The summed E-state index contributed by atoms with van der Waals surface area (Å²) in [4.78, 5) is 35.2. The second-order valence-corrected chi connectivity index (χ2v) is 5.76. The fourth-order valence-electron chi connectivity index (χ4n) is 2.59. The highest BCUT2D eigenvalue weighted by atomic mass is 16.5. The van der Waals surface area contributed by atoms with Crippen molar-refractivity contribution in [3.63, 3.8) is 0 Å². The lowest BCUT2D eigenvalue weighted by atomic mass is 10.1. The summed E-state index contributed by atoms with van der Waals surface area (Å²) in [7, 11) is 0. The molecule has 3 amide bonds. The predicted octanol–water partition coefficient (Wildman–Crippen LogP) is 3.08. The molecule has 0 fully saturated rings. The van der Waals surface area contributed by atoms with Gasteiger partial charge in [-0.2, -0.15) is 0 Å². The lowest BCUT2D eigenvalue weighted by Gasteiger charge is -2.09. The average Bonchev–Trinajstić information content (AvgIpc) is 2.66. The maximum atomic E-state index is 11.9. The van der Waals surface area contributed by atoms with Gasteiger partial charge in [0.2, 0.25) is 0 Å². The van der Waals surface area contributed by atoms with E-state index in [9.17, 15) is 14.4 Å². The van der Waals surface area contributed by atoms with Gasteiger partial charge in [-0.1, -0.05) is 25.1 Å². The Bertz CT molecular complexity index is 1030. The molecule has 138 valence electrons. The first-order chi connectivity index (χ1) is 13.0. The Morgan fingerprint density at radius 2 is 1.85 bits per heavy atom. The van der Waals surface area contributed by atoms with Gasteiger partial charge in [0.15, 0.2) is 6.61 Å². The predicted molar refractivity (Wildman–Crippen MR) is 101 cm³/mol. The summed E-state index contributed by atoms with van der Waals surface area (Å²) in [5, 5.41) is 5.53. The van der Waals surface area contributed by atoms with Crippen LogP contribution in [0.1, 0.15) is 12.5 Å². The molecule has 0 aliphatic carbocycles. The van der Waals surface area contributed by atoms with Crippen molar-refractivity contribution in [2.24, 2.45) is 0 Å². The van der Waals surface area contributed by atoms with Crippen LogP contribution in [0, 0.1) is 0 Å². The summed E-state index contributed by atoms with van der Waals surface area (Å²) in [6.45, 7) is 1.59. The first-order valence-electron chi connectivity index (χ1n) is 8.40. The molecule has 0 atom stereocenters. The molecule has 0 saturated carbocycles. The first kappa shape index (κ1) is 18.2. The third-order valence-corrected chi connectivity index (χ3v) is 3.84. The number of imide groups is 1. The Kier molecular flexibility index (Phi) is 5.51. The van der Waals surface area contributed by atoms with Gasteiger partial charge in [0.25, 0.3) is 5.91 Å². The summed E-state index contributed by atoms with van der Waals surface area (Å²) < 4.78 is 10.6. The SMILES string of the molecule is CCc1cc(=O)oc2cc(OCC(=O)NC(=O)Nc3ccccc3)ccc12. The van der Waals surface area contributed by atoms with Crippen molar-refractivity contribution in [2.45, 2.75) is 13.3 Å². The molecule has 0 radical (unpaired) electrons. The Morgan fingerprint density at radius 3 is 2.59 bits per heavy atom.